The van der Waals surface area contributed by atoms with Crippen LogP contribution in [0.5, 0.6) is 5.75 Å². The SMILES string of the molecule is COc1ccc(-c2nnc(NC(=O)CC(C)C)o2)cc1. The van der Waals surface area contributed by atoms with Crippen molar-refractivity contribution in [2.45, 2.75) is 20.3 Å². The summed E-state index contributed by atoms with van der Waals surface area (Å²) >= 11 is 0. The van der Waals surface area contributed by atoms with Gasteiger partial charge in [0.05, 0.1) is 7.11 Å². The van der Waals surface area contributed by atoms with E-state index in [4.69, 9.17) is 9.15 Å². The highest BCUT2D eigenvalue weighted by Crippen LogP contribution is 2.22. The summed E-state index contributed by atoms with van der Waals surface area (Å²) in [6.07, 6.45) is 0.417. The van der Waals surface area contributed by atoms with Gasteiger partial charge in [-0.15, -0.1) is 5.10 Å². The van der Waals surface area contributed by atoms with Gasteiger partial charge in [0.15, 0.2) is 0 Å². The second kappa shape index (κ2) is 6.18. The Morgan fingerprint density at radius 3 is 2.60 bits per heavy atom. The van der Waals surface area contributed by atoms with Crippen molar-refractivity contribution in [3.63, 3.8) is 0 Å². The fourth-order valence-corrected chi connectivity index (χ4v) is 1.67. The third-order valence-electron chi connectivity index (χ3n) is 2.60. The number of methoxy groups -OCH3 is 1. The summed E-state index contributed by atoms with van der Waals surface area (Å²) in [7, 11) is 1.60. The summed E-state index contributed by atoms with van der Waals surface area (Å²) in [5.74, 6) is 1.25. The summed E-state index contributed by atoms with van der Waals surface area (Å²) in [5, 5.41) is 10.3. The van der Waals surface area contributed by atoms with Crippen molar-refractivity contribution in [3.05, 3.63) is 24.3 Å². The predicted molar refractivity (Wildman–Crippen MR) is 74.4 cm³/mol. The van der Waals surface area contributed by atoms with Crippen LogP contribution in [-0.2, 0) is 4.79 Å². The van der Waals surface area contributed by atoms with E-state index in [1.54, 1.807) is 19.2 Å². The molecule has 1 N–H and O–H groups in total. The second-order valence-corrected chi connectivity index (χ2v) is 4.79. The van der Waals surface area contributed by atoms with Crippen LogP contribution in [0.25, 0.3) is 11.5 Å². The highest BCUT2D eigenvalue weighted by Gasteiger charge is 2.12. The van der Waals surface area contributed by atoms with Crippen LogP contribution in [0.1, 0.15) is 20.3 Å². The average Bonchev–Trinajstić information content (AvgIpc) is 2.86. The summed E-state index contributed by atoms with van der Waals surface area (Å²) in [5.41, 5.74) is 0.766. The first-order valence-electron chi connectivity index (χ1n) is 6.36. The normalized spacial score (nSPS) is 10.6. The van der Waals surface area contributed by atoms with Gasteiger partial charge in [-0.1, -0.05) is 18.9 Å². The van der Waals surface area contributed by atoms with Crippen molar-refractivity contribution in [3.8, 4) is 17.2 Å². The summed E-state index contributed by atoms with van der Waals surface area (Å²) in [4.78, 5) is 11.6. The van der Waals surface area contributed by atoms with Gasteiger partial charge in [-0.2, -0.15) is 0 Å². The lowest BCUT2D eigenvalue weighted by Crippen LogP contribution is -2.13. The fourth-order valence-electron chi connectivity index (χ4n) is 1.67. The van der Waals surface area contributed by atoms with Crippen molar-refractivity contribution in [2.75, 3.05) is 12.4 Å². The van der Waals surface area contributed by atoms with Gasteiger partial charge < -0.3 is 9.15 Å². The molecule has 0 aliphatic rings. The summed E-state index contributed by atoms with van der Waals surface area (Å²) < 4.78 is 10.5. The minimum Gasteiger partial charge on any atom is -0.497 e. The Morgan fingerprint density at radius 2 is 2.00 bits per heavy atom. The molecule has 0 spiro atoms. The Hall–Kier alpha value is -2.37. The minimum atomic E-state index is -0.134. The molecule has 106 valence electrons. The van der Waals surface area contributed by atoms with E-state index in [0.29, 0.717) is 12.3 Å². The van der Waals surface area contributed by atoms with Gasteiger partial charge in [-0.3, -0.25) is 10.1 Å². The first-order chi connectivity index (χ1) is 9.58. The zero-order valence-corrected chi connectivity index (χ0v) is 11.7. The summed E-state index contributed by atoms with van der Waals surface area (Å²) in [6.45, 7) is 3.94. The molecule has 1 amide bonds. The molecule has 0 unspecified atom stereocenters. The van der Waals surface area contributed by atoms with E-state index in [9.17, 15) is 4.79 Å². The molecule has 0 bridgehead atoms. The van der Waals surface area contributed by atoms with Crippen LogP contribution in [0, 0.1) is 5.92 Å². The number of ether oxygens (including phenoxy) is 1. The number of aromatic nitrogens is 2. The van der Waals surface area contributed by atoms with E-state index in [1.807, 2.05) is 26.0 Å². The molecule has 0 aliphatic carbocycles. The Morgan fingerprint density at radius 1 is 1.30 bits per heavy atom. The highest BCUT2D eigenvalue weighted by molar-refractivity contribution is 5.88. The first kappa shape index (κ1) is 14.0. The van der Waals surface area contributed by atoms with Crippen LogP contribution in [-0.4, -0.2) is 23.2 Å². The highest BCUT2D eigenvalue weighted by atomic mass is 16.5. The van der Waals surface area contributed by atoms with Crippen LogP contribution in [0.2, 0.25) is 0 Å². The van der Waals surface area contributed by atoms with Gasteiger partial charge in [0, 0.05) is 12.0 Å². The Balaban J connectivity index is 2.06. The van der Waals surface area contributed by atoms with Crippen LogP contribution in [0.4, 0.5) is 6.01 Å². The Labute approximate surface area is 117 Å². The molecule has 2 rings (SSSR count). The lowest BCUT2D eigenvalue weighted by atomic mass is 10.1. The van der Waals surface area contributed by atoms with Crippen LogP contribution >= 0.6 is 0 Å². The van der Waals surface area contributed by atoms with Crippen molar-refractivity contribution in [1.29, 1.82) is 0 Å². The van der Waals surface area contributed by atoms with Crippen LogP contribution in [0.3, 0.4) is 0 Å². The molecule has 6 heteroatoms. The quantitative estimate of drug-likeness (QED) is 0.907. The molecule has 0 atom stereocenters. The van der Waals surface area contributed by atoms with Crippen LogP contribution < -0.4 is 10.1 Å². The van der Waals surface area contributed by atoms with Gasteiger partial charge in [0.2, 0.25) is 11.8 Å². The van der Waals surface area contributed by atoms with E-state index >= 15 is 0 Å². The van der Waals surface area contributed by atoms with Gasteiger partial charge >= 0.3 is 6.01 Å². The minimum absolute atomic E-state index is 0.112. The zero-order chi connectivity index (χ0) is 14.5. The largest absolute Gasteiger partial charge is 0.497 e. The van der Waals surface area contributed by atoms with E-state index in [-0.39, 0.29) is 17.8 Å². The summed E-state index contributed by atoms with van der Waals surface area (Å²) in [6, 6.07) is 7.34. The van der Waals surface area contributed by atoms with Crippen LogP contribution in [0.15, 0.2) is 28.7 Å². The Bertz CT molecular complexity index is 576. The second-order valence-electron chi connectivity index (χ2n) is 4.79. The molecule has 6 nitrogen and oxygen atoms in total. The number of anilines is 1. The molecule has 0 fully saturated rings. The van der Waals surface area contributed by atoms with Gasteiger partial charge in [0.25, 0.3) is 0 Å². The number of hydrogen-bond acceptors (Lipinski definition) is 5. The molecule has 0 saturated heterocycles. The number of nitrogens with zero attached hydrogens (tertiary/aromatic N) is 2. The van der Waals surface area contributed by atoms with Gasteiger partial charge in [-0.05, 0) is 30.2 Å². The molecule has 0 radical (unpaired) electrons. The van der Waals surface area contributed by atoms with Crippen molar-refractivity contribution in [2.24, 2.45) is 5.92 Å². The number of nitrogens with one attached hydrogen (secondary N) is 1. The molecule has 2 aromatic rings. The number of rotatable bonds is 5. The number of benzene rings is 1. The molecule has 20 heavy (non-hydrogen) atoms. The standard InChI is InChI=1S/C14H17N3O3/c1-9(2)8-12(18)15-14-17-16-13(20-14)10-4-6-11(19-3)7-5-10/h4-7,9H,8H2,1-3H3,(H,15,17,18). The smallest absolute Gasteiger partial charge is 0.322 e. The third-order valence-corrected chi connectivity index (χ3v) is 2.60. The number of hydrogen-bond donors (Lipinski definition) is 1. The topological polar surface area (TPSA) is 77.3 Å². The van der Waals surface area contributed by atoms with E-state index in [1.165, 1.54) is 0 Å². The number of carbonyl (C=O) groups is 1. The fraction of sp³-hybridized carbons (Fsp3) is 0.357. The van der Waals surface area contributed by atoms with E-state index < -0.39 is 0 Å². The monoisotopic (exact) mass is 275 g/mol. The lowest BCUT2D eigenvalue weighted by molar-refractivity contribution is -0.117. The van der Waals surface area contributed by atoms with Crippen molar-refractivity contribution < 1.29 is 13.9 Å². The molecular formula is C14H17N3O3. The molecule has 1 aromatic carbocycles. The van der Waals surface area contributed by atoms with Gasteiger partial charge in [-0.25, -0.2) is 0 Å². The maximum absolute atomic E-state index is 11.6. The predicted octanol–water partition coefficient (Wildman–Crippen LogP) is 2.73. The molecular weight excluding hydrogens is 258 g/mol. The van der Waals surface area contributed by atoms with E-state index in [2.05, 4.69) is 15.5 Å². The Kier molecular flexibility index (Phi) is 4.34. The van der Waals surface area contributed by atoms with E-state index in [0.717, 1.165) is 11.3 Å². The molecule has 1 aromatic heterocycles. The van der Waals surface area contributed by atoms with Crippen molar-refractivity contribution >= 4 is 11.9 Å². The lowest BCUT2D eigenvalue weighted by Gasteiger charge is -2.02. The molecule has 1 heterocycles. The third kappa shape index (κ3) is 3.57. The number of amides is 1. The van der Waals surface area contributed by atoms with Gasteiger partial charge in [0.1, 0.15) is 5.75 Å². The molecule has 0 aliphatic heterocycles. The molecule has 0 saturated carbocycles. The maximum Gasteiger partial charge on any atom is 0.322 e. The maximum atomic E-state index is 11.6. The van der Waals surface area contributed by atoms with Crippen molar-refractivity contribution in [1.82, 2.24) is 10.2 Å². The zero-order valence-electron chi connectivity index (χ0n) is 11.7. The average molecular weight is 275 g/mol. The first-order valence-corrected chi connectivity index (χ1v) is 6.36. The number of carbonyl (C=O) groups excluding carboxylic acids is 1.